The summed E-state index contributed by atoms with van der Waals surface area (Å²) >= 11 is 0. The molecule has 0 saturated heterocycles. The van der Waals surface area contributed by atoms with Crippen molar-refractivity contribution < 1.29 is 29.3 Å². The fourth-order valence-corrected chi connectivity index (χ4v) is 2.30. The predicted molar refractivity (Wildman–Crippen MR) is 68.3 cm³/mol. The normalized spacial score (nSPS) is 29.4. The molecule has 0 aliphatic heterocycles. The monoisotopic (exact) mass is 280 g/mol. The highest BCUT2D eigenvalue weighted by Crippen LogP contribution is 2.38. The fraction of sp³-hybridized carbons (Fsp3) is 0.429. The van der Waals surface area contributed by atoms with E-state index in [1.807, 2.05) is 0 Å². The quantitative estimate of drug-likeness (QED) is 0.781. The van der Waals surface area contributed by atoms with Gasteiger partial charge in [0.1, 0.15) is 0 Å². The molecule has 2 N–H and O–H groups in total. The molecule has 0 fully saturated rings. The summed E-state index contributed by atoms with van der Waals surface area (Å²) in [7, 11) is 0. The predicted octanol–water partition coefficient (Wildman–Crippen LogP) is 0.516. The first kappa shape index (κ1) is 14.8. The molecule has 6 heteroatoms. The van der Waals surface area contributed by atoms with Crippen molar-refractivity contribution in [3.05, 3.63) is 35.4 Å². The standard InChI is InChI=1S/C14H16O6/c1-3-19-13(17)11(15)9-7-5-6-8-10(9)12(16)14(13,18)20-4-2/h5-8,17-18H,3-4H2,1-2H3/t13-,14-/m1/s1. The Balaban J connectivity index is 2.68. The van der Waals surface area contributed by atoms with Crippen LogP contribution in [0.1, 0.15) is 34.6 Å². The van der Waals surface area contributed by atoms with E-state index in [0.29, 0.717) is 0 Å². The number of ether oxygens (including phenoxy) is 2. The zero-order chi connectivity index (χ0) is 15.0. The Kier molecular flexibility index (Phi) is 3.75. The molecule has 2 rings (SSSR count). The van der Waals surface area contributed by atoms with Crippen molar-refractivity contribution in [2.45, 2.75) is 25.4 Å². The van der Waals surface area contributed by atoms with Gasteiger partial charge in [0.25, 0.3) is 11.6 Å². The first-order chi connectivity index (χ1) is 9.42. The molecule has 20 heavy (non-hydrogen) atoms. The molecule has 0 spiro atoms. The Morgan fingerprint density at radius 2 is 1.25 bits per heavy atom. The zero-order valence-corrected chi connectivity index (χ0v) is 11.3. The van der Waals surface area contributed by atoms with Crippen LogP contribution in [0.2, 0.25) is 0 Å². The molecule has 0 unspecified atom stereocenters. The summed E-state index contributed by atoms with van der Waals surface area (Å²) in [5.41, 5.74) is -0.00402. The summed E-state index contributed by atoms with van der Waals surface area (Å²) < 4.78 is 9.98. The van der Waals surface area contributed by atoms with E-state index in [9.17, 15) is 19.8 Å². The van der Waals surface area contributed by atoms with Crippen LogP contribution in [0, 0.1) is 0 Å². The van der Waals surface area contributed by atoms with Gasteiger partial charge in [0.2, 0.25) is 11.6 Å². The highest BCUT2D eigenvalue weighted by atomic mass is 16.7. The molecular weight excluding hydrogens is 264 g/mol. The molecule has 1 aliphatic carbocycles. The highest BCUT2D eigenvalue weighted by molar-refractivity contribution is 6.20. The Bertz CT molecular complexity index is 505. The van der Waals surface area contributed by atoms with E-state index in [1.165, 1.54) is 26.0 Å². The average Bonchev–Trinajstić information content (AvgIpc) is 2.44. The van der Waals surface area contributed by atoms with Gasteiger partial charge in [-0.1, -0.05) is 24.3 Å². The second-order valence-electron chi connectivity index (χ2n) is 4.36. The lowest BCUT2D eigenvalue weighted by molar-refractivity contribution is -0.330. The third-order valence-corrected chi connectivity index (χ3v) is 3.20. The lowest BCUT2D eigenvalue weighted by atomic mass is 9.80. The summed E-state index contributed by atoms with van der Waals surface area (Å²) in [6.07, 6.45) is 0. The number of aliphatic hydroxyl groups is 2. The second kappa shape index (κ2) is 5.06. The van der Waals surface area contributed by atoms with Crippen molar-refractivity contribution in [2.24, 2.45) is 0 Å². The van der Waals surface area contributed by atoms with Crippen molar-refractivity contribution in [1.29, 1.82) is 0 Å². The second-order valence-corrected chi connectivity index (χ2v) is 4.36. The average molecular weight is 280 g/mol. The lowest BCUT2D eigenvalue weighted by Crippen LogP contribution is -2.69. The minimum Gasteiger partial charge on any atom is -0.355 e. The number of fused-ring (bicyclic) bond motifs is 1. The van der Waals surface area contributed by atoms with E-state index in [4.69, 9.17) is 9.47 Å². The minimum absolute atomic E-state index is 0.00201. The number of hydrogen-bond donors (Lipinski definition) is 2. The maximum atomic E-state index is 12.4. The summed E-state index contributed by atoms with van der Waals surface area (Å²) in [6, 6.07) is 5.90. The Hall–Kier alpha value is -1.60. The van der Waals surface area contributed by atoms with Crippen LogP contribution >= 0.6 is 0 Å². The van der Waals surface area contributed by atoms with Crippen LogP contribution in [0.5, 0.6) is 0 Å². The number of Topliss-reactive ketones (excluding diaryl/α,β-unsaturated/α-hetero) is 2. The van der Waals surface area contributed by atoms with Crippen LogP contribution < -0.4 is 0 Å². The van der Waals surface area contributed by atoms with Crippen LogP contribution in [0.25, 0.3) is 0 Å². The molecule has 0 bridgehead atoms. The first-order valence-electron chi connectivity index (χ1n) is 6.33. The minimum atomic E-state index is -2.75. The van der Waals surface area contributed by atoms with Gasteiger partial charge in [-0.15, -0.1) is 0 Å². The molecule has 1 aliphatic rings. The number of carbonyl (C=O) groups is 2. The topological polar surface area (TPSA) is 93.1 Å². The Morgan fingerprint density at radius 1 is 0.900 bits per heavy atom. The highest BCUT2D eigenvalue weighted by Gasteiger charge is 2.66. The van der Waals surface area contributed by atoms with E-state index in [1.54, 1.807) is 12.1 Å². The third-order valence-electron chi connectivity index (χ3n) is 3.20. The number of benzene rings is 1. The summed E-state index contributed by atoms with van der Waals surface area (Å²) in [5.74, 6) is -7.29. The fourth-order valence-electron chi connectivity index (χ4n) is 2.30. The molecular formula is C14H16O6. The van der Waals surface area contributed by atoms with Crippen LogP contribution in [-0.2, 0) is 9.47 Å². The van der Waals surface area contributed by atoms with Crippen LogP contribution in [-0.4, -0.2) is 46.6 Å². The molecule has 108 valence electrons. The smallest absolute Gasteiger partial charge is 0.295 e. The Labute approximate surface area is 115 Å². The van der Waals surface area contributed by atoms with E-state index < -0.39 is 23.1 Å². The molecule has 0 aromatic heterocycles. The largest absolute Gasteiger partial charge is 0.355 e. The molecule has 2 atom stereocenters. The molecule has 0 amide bonds. The molecule has 1 aromatic carbocycles. The van der Waals surface area contributed by atoms with Gasteiger partial charge >= 0.3 is 0 Å². The first-order valence-corrected chi connectivity index (χ1v) is 6.33. The third kappa shape index (κ3) is 1.81. The SMILES string of the molecule is CCO[C@]1(O)C(=O)c2ccccc2C(=O)[C@@]1(O)OCC. The summed E-state index contributed by atoms with van der Waals surface area (Å²) in [4.78, 5) is 24.8. The van der Waals surface area contributed by atoms with Gasteiger partial charge in [0, 0.05) is 24.3 Å². The van der Waals surface area contributed by atoms with Crippen molar-refractivity contribution in [1.82, 2.24) is 0 Å². The van der Waals surface area contributed by atoms with Gasteiger partial charge in [0.15, 0.2) is 0 Å². The van der Waals surface area contributed by atoms with Gasteiger partial charge in [-0.3, -0.25) is 9.59 Å². The Morgan fingerprint density at radius 3 is 1.55 bits per heavy atom. The number of hydrogen-bond acceptors (Lipinski definition) is 6. The van der Waals surface area contributed by atoms with E-state index in [-0.39, 0.29) is 24.3 Å². The maximum absolute atomic E-state index is 12.4. The molecule has 0 radical (unpaired) electrons. The van der Waals surface area contributed by atoms with Crippen LogP contribution in [0.3, 0.4) is 0 Å². The maximum Gasteiger partial charge on any atom is 0.295 e. The van der Waals surface area contributed by atoms with Gasteiger partial charge in [-0.2, -0.15) is 0 Å². The summed E-state index contributed by atoms with van der Waals surface area (Å²) in [6.45, 7) is 2.91. The number of carbonyl (C=O) groups excluding carboxylic acids is 2. The lowest BCUT2D eigenvalue weighted by Gasteiger charge is -2.42. The van der Waals surface area contributed by atoms with E-state index in [0.717, 1.165) is 0 Å². The van der Waals surface area contributed by atoms with Crippen molar-refractivity contribution in [3.63, 3.8) is 0 Å². The van der Waals surface area contributed by atoms with E-state index in [2.05, 4.69) is 0 Å². The van der Waals surface area contributed by atoms with Gasteiger partial charge in [-0.05, 0) is 13.8 Å². The van der Waals surface area contributed by atoms with Crippen molar-refractivity contribution in [2.75, 3.05) is 13.2 Å². The van der Waals surface area contributed by atoms with Crippen LogP contribution in [0.4, 0.5) is 0 Å². The van der Waals surface area contributed by atoms with Crippen molar-refractivity contribution in [3.8, 4) is 0 Å². The zero-order valence-electron chi connectivity index (χ0n) is 11.3. The molecule has 0 saturated carbocycles. The number of rotatable bonds is 4. The molecule has 1 aromatic rings. The van der Waals surface area contributed by atoms with Crippen molar-refractivity contribution >= 4 is 11.6 Å². The number of ketones is 2. The van der Waals surface area contributed by atoms with Gasteiger partial charge in [-0.25, -0.2) is 0 Å². The molecule has 6 nitrogen and oxygen atoms in total. The van der Waals surface area contributed by atoms with E-state index >= 15 is 0 Å². The molecule has 0 heterocycles. The van der Waals surface area contributed by atoms with Gasteiger partial charge in [0.05, 0.1) is 0 Å². The van der Waals surface area contributed by atoms with Gasteiger partial charge < -0.3 is 19.7 Å². The van der Waals surface area contributed by atoms with Crippen LogP contribution in [0.15, 0.2) is 24.3 Å². The summed E-state index contributed by atoms with van der Waals surface area (Å²) in [5, 5.41) is 20.9.